The minimum atomic E-state index is 0.774. The second-order valence-corrected chi connectivity index (χ2v) is 6.57. The molecule has 0 saturated carbocycles. The molecule has 1 fully saturated rings. The van der Waals surface area contributed by atoms with Crippen molar-refractivity contribution in [3.05, 3.63) is 0 Å². The fraction of sp³-hybridized carbons (Fsp3) is 1.00. The average molecular weight is 283 g/mol. The molecule has 1 aliphatic rings. The van der Waals surface area contributed by atoms with Gasteiger partial charge in [-0.1, -0.05) is 58.8 Å². The standard InChI is InChI=1S/C18H38N2/c1-3-5-6-7-8-9-10-11-16-20(15-4-2)17-18-13-12-14-19-18/h18-19H,3-17H2,1-2H3. The molecule has 0 aromatic heterocycles. The number of hydrogen-bond donors (Lipinski definition) is 1. The third kappa shape index (κ3) is 8.97. The van der Waals surface area contributed by atoms with Crippen molar-refractivity contribution < 1.29 is 0 Å². The van der Waals surface area contributed by atoms with Crippen molar-refractivity contribution >= 4 is 0 Å². The lowest BCUT2D eigenvalue weighted by Gasteiger charge is -2.25. The molecule has 1 atom stereocenters. The second-order valence-electron chi connectivity index (χ2n) is 6.57. The van der Waals surface area contributed by atoms with Crippen LogP contribution in [0.5, 0.6) is 0 Å². The lowest BCUT2D eigenvalue weighted by atomic mass is 10.1. The molecule has 1 aliphatic heterocycles. The lowest BCUT2D eigenvalue weighted by Crippen LogP contribution is -2.38. The maximum atomic E-state index is 3.63. The predicted octanol–water partition coefficient (Wildman–Crippen LogP) is 4.59. The third-order valence-corrected chi connectivity index (χ3v) is 4.51. The van der Waals surface area contributed by atoms with Crippen LogP contribution in [0.3, 0.4) is 0 Å². The van der Waals surface area contributed by atoms with E-state index in [0.717, 1.165) is 6.04 Å². The number of nitrogens with one attached hydrogen (secondary N) is 1. The maximum absolute atomic E-state index is 3.63. The van der Waals surface area contributed by atoms with Gasteiger partial charge in [0, 0.05) is 12.6 Å². The van der Waals surface area contributed by atoms with Crippen LogP contribution < -0.4 is 5.32 Å². The van der Waals surface area contributed by atoms with Crippen molar-refractivity contribution in [2.75, 3.05) is 26.2 Å². The smallest absolute Gasteiger partial charge is 0.0195 e. The molecular weight excluding hydrogens is 244 g/mol. The summed E-state index contributed by atoms with van der Waals surface area (Å²) in [6, 6.07) is 0.774. The van der Waals surface area contributed by atoms with E-state index in [1.54, 1.807) is 0 Å². The zero-order valence-electron chi connectivity index (χ0n) is 14.1. The summed E-state index contributed by atoms with van der Waals surface area (Å²) >= 11 is 0. The highest BCUT2D eigenvalue weighted by Gasteiger charge is 2.16. The first-order valence-corrected chi connectivity index (χ1v) is 9.32. The molecule has 0 spiro atoms. The Morgan fingerprint density at radius 1 is 0.850 bits per heavy atom. The molecule has 1 N–H and O–H groups in total. The van der Waals surface area contributed by atoms with Crippen LogP contribution in [0.4, 0.5) is 0 Å². The summed E-state index contributed by atoms with van der Waals surface area (Å²) in [7, 11) is 0. The Kier molecular flexibility index (Phi) is 11.4. The molecule has 1 saturated heterocycles. The van der Waals surface area contributed by atoms with E-state index in [1.165, 1.54) is 96.8 Å². The average Bonchev–Trinajstić information content (AvgIpc) is 2.95. The first kappa shape index (κ1) is 18.0. The van der Waals surface area contributed by atoms with Gasteiger partial charge in [-0.05, 0) is 45.3 Å². The molecule has 0 aromatic carbocycles. The third-order valence-electron chi connectivity index (χ3n) is 4.51. The van der Waals surface area contributed by atoms with Gasteiger partial charge < -0.3 is 10.2 Å². The van der Waals surface area contributed by atoms with E-state index in [4.69, 9.17) is 0 Å². The van der Waals surface area contributed by atoms with Gasteiger partial charge in [-0.3, -0.25) is 0 Å². The first-order valence-electron chi connectivity index (χ1n) is 9.32. The van der Waals surface area contributed by atoms with E-state index in [1.807, 2.05) is 0 Å². The minimum absolute atomic E-state index is 0.774. The van der Waals surface area contributed by atoms with Crippen molar-refractivity contribution in [1.82, 2.24) is 10.2 Å². The van der Waals surface area contributed by atoms with Crippen molar-refractivity contribution in [1.29, 1.82) is 0 Å². The van der Waals surface area contributed by atoms with E-state index in [0.29, 0.717) is 0 Å². The Morgan fingerprint density at radius 3 is 2.15 bits per heavy atom. The molecule has 0 bridgehead atoms. The molecule has 0 aromatic rings. The van der Waals surface area contributed by atoms with Crippen molar-refractivity contribution in [3.8, 4) is 0 Å². The van der Waals surface area contributed by atoms with E-state index in [9.17, 15) is 0 Å². The molecule has 1 rings (SSSR count). The van der Waals surface area contributed by atoms with Crippen LogP contribution in [0.15, 0.2) is 0 Å². The number of unbranched alkanes of at least 4 members (excludes halogenated alkanes) is 7. The topological polar surface area (TPSA) is 15.3 Å². The Morgan fingerprint density at radius 2 is 1.55 bits per heavy atom. The van der Waals surface area contributed by atoms with Crippen LogP contribution in [-0.4, -0.2) is 37.1 Å². The highest BCUT2D eigenvalue weighted by Crippen LogP contribution is 2.11. The zero-order chi connectivity index (χ0) is 14.5. The van der Waals surface area contributed by atoms with Crippen LogP contribution in [-0.2, 0) is 0 Å². The molecule has 0 aliphatic carbocycles. The maximum Gasteiger partial charge on any atom is 0.0195 e. The number of hydrogen-bond acceptors (Lipinski definition) is 2. The van der Waals surface area contributed by atoms with Crippen LogP contribution in [0.2, 0.25) is 0 Å². The molecule has 0 radical (unpaired) electrons. The quantitative estimate of drug-likeness (QED) is 0.497. The van der Waals surface area contributed by atoms with Crippen LogP contribution in [0.25, 0.3) is 0 Å². The highest BCUT2D eigenvalue weighted by atomic mass is 15.1. The zero-order valence-corrected chi connectivity index (χ0v) is 14.1. The van der Waals surface area contributed by atoms with E-state index >= 15 is 0 Å². The molecule has 1 unspecified atom stereocenters. The fourth-order valence-corrected chi connectivity index (χ4v) is 3.30. The van der Waals surface area contributed by atoms with E-state index in [-0.39, 0.29) is 0 Å². The largest absolute Gasteiger partial charge is 0.313 e. The van der Waals surface area contributed by atoms with Crippen LogP contribution in [0, 0.1) is 0 Å². The summed E-state index contributed by atoms with van der Waals surface area (Å²) in [5.41, 5.74) is 0. The summed E-state index contributed by atoms with van der Waals surface area (Å²) in [6.45, 7) is 9.73. The predicted molar refractivity (Wildman–Crippen MR) is 90.4 cm³/mol. The Labute approximate surface area is 127 Å². The molecule has 2 nitrogen and oxygen atoms in total. The van der Waals surface area contributed by atoms with Gasteiger partial charge in [0.25, 0.3) is 0 Å². The summed E-state index contributed by atoms with van der Waals surface area (Å²) in [5, 5.41) is 3.63. The summed E-state index contributed by atoms with van der Waals surface area (Å²) in [5.74, 6) is 0. The number of nitrogens with zero attached hydrogens (tertiary/aromatic N) is 1. The monoisotopic (exact) mass is 282 g/mol. The van der Waals surface area contributed by atoms with Gasteiger partial charge in [-0.15, -0.1) is 0 Å². The molecular formula is C18H38N2. The Balaban J connectivity index is 1.97. The van der Waals surface area contributed by atoms with Crippen molar-refractivity contribution in [3.63, 3.8) is 0 Å². The van der Waals surface area contributed by atoms with E-state index in [2.05, 4.69) is 24.1 Å². The molecule has 1 heterocycles. The van der Waals surface area contributed by atoms with E-state index < -0.39 is 0 Å². The molecule has 20 heavy (non-hydrogen) atoms. The van der Waals surface area contributed by atoms with Gasteiger partial charge in [-0.2, -0.15) is 0 Å². The summed E-state index contributed by atoms with van der Waals surface area (Å²) in [6.07, 6.45) is 15.5. The van der Waals surface area contributed by atoms with Gasteiger partial charge in [0.05, 0.1) is 0 Å². The van der Waals surface area contributed by atoms with Gasteiger partial charge in [0.1, 0.15) is 0 Å². The molecule has 0 amide bonds. The molecule has 120 valence electrons. The summed E-state index contributed by atoms with van der Waals surface area (Å²) in [4.78, 5) is 2.69. The summed E-state index contributed by atoms with van der Waals surface area (Å²) < 4.78 is 0. The fourth-order valence-electron chi connectivity index (χ4n) is 3.30. The van der Waals surface area contributed by atoms with Crippen LogP contribution in [0.1, 0.15) is 84.5 Å². The Bertz CT molecular complexity index is 200. The second kappa shape index (κ2) is 12.6. The van der Waals surface area contributed by atoms with Crippen LogP contribution >= 0.6 is 0 Å². The minimum Gasteiger partial charge on any atom is -0.313 e. The van der Waals surface area contributed by atoms with Gasteiger partial charge in [0.15, 0.2) is 0 Å². The van der Waals surface area contributed by atoms with Gasteiger partial charge in [-0.25, -0.2) is 0 Å². The lowest BCUT2D eigenvalue weighted by molar-refractivity contribution is 0.244. The number of rotatable bonds is 13. The first-order chi connectivity index (χ1) is 9.86. The Hall–Kier alpha value is -0.0800. The van der Waals surface area contributed by atoms with Crippen molar-refractivity contribution in [2.45, 2.75) is 90.5 Å². The SMILES string of the molecule is CCCCCCCCCCN(CCC)CC1CCCN1. The van der Waals surface area contributed by atoms with Gasteiger partial charge in [0.2, 0.25) is 0 Å². The van der Waals surface area contributed by atoms with Crippen molar-refractivity contribution in [2.24, 2.45) is 0 Å². The van der Waals surface area contributed by atoms with Gasteiger partial charge >= 0.3 is 0 Å². The highest BCUT2D eigenvalue weighted by molar-refractivity contribution is 4.77. The molecule has 2 heteroatoms. The normalized spacial score (nSPS) is 19.1.